The van der Waals surface area contributed by atoms with Gasteiger partial charge in [0.05, 0.1) is 31.9 Å². The summed E-state index contributed by atoms with van der Waals surface area (Å²) in [5.41, 5.74) is 6.22. The standard InChI is InChI=1S/C23H20N4O2S/c1-13-4-5-16(10-14(13)2)23-26-20-9-7-18(12-22(20)27-23)30(28,29)17-6-8-19-21(11-17)25-15(3)24-19/h4-12H,1-3H3,(H,24,25)(H,26,27). The molecule has 2 N–H and O–H groups in total. The number of aromatic amines is 2. The van der Waals surface area contributed by atoms with Crippen molar-refractivity contribution in [3.63, 3.8) is 0 Å². The van der Waals surface area contributed by atoms with Crippen LogP contribution in [-0.4, -0.2) is 28.4 Å². The van der Waals surface area contributed by atoms with E-state index < -0.39 is 9.84 Å². The van der Waals surface area contributed by atoms with Crippen LogP contribution in [0.25, 0.3) is 33.5 Å². The largest absolute Gasteiger partial charge is 0.342 e. The number of fused-ring (bicyclic) bond motifs is 2. The van der Waals surface area contributed by atoms with Crippen molar-refractivity contribution < 1.29 is 8.42 Å². The molecule has 7 heteroatoms. The fraction of sp³-hybridized carbons (Fsp3) is 0.130. The first kappa shape index (κ1) is 18.6. The summed E-state index contributed by atoms with van der Waals surface area (Å²) in [6.45, 7) is 5.97. The van der Waals surface area contributed by atoms with Crippen molar-refractivity contribution in [2.75, 3.05) is 0 Å². The van der Waals surface area contributed by atoms with Gasteiger partial charge in [0.25, 0.3) is 0 Å². The zero-order valence-electron chi connectivity index (χ0n) is 16.8. The Labute approximate surface area is 173 Å². The maximum absolute atomic E-state index is 13.2. The van der Waals surface area contributed by atoms with Gasteiger partial charge < -0.3 is 9.97 Å². The third-order valence-corrected chi connectivity index (χ3v) is 7.18. The van der Waals surface area contributed by atoms with E-state index in [1.165, 1.54) is 11.1 Å². The number of aromatic nitrogens is 4. The second-order valence-electron chi connectivity index (χ2n) is 7.57. The molecule has 0 bridgehead atoms. The Morgan fingerprint density at radius 1 is 0.700 bits per heavy atom. The molecule has 0 atom stereocenters. The molecule has 0 unspecified atom stereocenters. The van der Waals surface area contributed by atoms with E-state index in [1.54, 1.807) is 36.4 Å². The Bertz CT molecular complexity index is 1540. The van der Waals surface area contributed by atoms with Crippen LogP contribution in [0.4, 0.5) is 0 Å². The molecule has 3 aromatic carbocycles. The summed E-state index contributed by atoms with van der Waals surface area (Å²) in [5, 5.41) is 0. The maximum Gasteiger partial charge on any atom is 0.206 e. The molecule has 2 aromatic heterocycles. The highest BCUT2D eigenvalue weighted by Crippen LogP contribution is 2.28. The second-order valence-corrected chi connectivity index (χ2v) is 9.52. The monoisotopic (exact) mass is 416 g/mol. The van der Waals surface area contributed by atoms with E-state index in [2.05, 4.69) is 45.9 Å². The van der Waals surface area contributed by atoms with Crippen molar-refractivity contribution in [1.29, 1.82) is 0 Å². The van der Waals surface area contributed by atoms with Crippen molar-refractivity contribution in [1.82, 2.24) is 19.9 Å². The minimum absolute atomic E-state index is 0.223. The van der Waals surface area contributed by atoms with Crippen LogP contribution in [0.3, 0.4) is 0 Å². The lowest BCUT2D eigenvalue weighted by Crippen LogP contribution is -2.01. The highest BCUT2D eigenvalue weighted by Gasteiger charge is 2.20. The van der Waals surface area contributed by atoms with E-state index in [9.17, 15) is 8.42 Å². The van der Waals surface area contributed by atoms with E-state index in [0.717, 1.165) is 28.2 Å². The Morgan fingerprint density at radius 3 is 2.00 bits per heavy atom. The van der Waals surface area contributed by atoms with Gasteiger partial charge in [-0.15, -0.1) is 0 Å². The number of H-pyrrole nitrogens is 2. The molecule has 0 fully saturated rings. The number of nitrogens with zero attached hydrogens (tertiary/aromatic N) is 2. The second kappa shape index (κ2) is 6.53. The molecular weight excluding hydrogens is 396 g/mol. The van der Waals surface area contributed by atoms with Gasteiger partial charge in [0, 0.05) is 5.56 Å². The first-order chi connectivity index (χ1) is 14.3. The summed E-state index contributed by atoms with van der Waals surface area (Å²) in [6.07, 6.45) is 0. The lowest BCUT2D eigenvalue weighted by Gasteiger charge is -2.05. The molecule has 30 heavy (non-hydrogen) atoms. The van der Waals surface area contributed by atoms with Gasteiger partial charge in [-0.3, -0.25) is 0 Å². The quantitative estimate of drug-likeness (QED) is 0.439. The number of imidazole rings is 2. The summed E-state index contributed by atoms with van der Waals surface area (Å²) < 4.78 is 26.4. The lowest BCUT2D eigenvalue weighted by atomic mass is 10.1. The van der Waals surface area contributed by atoms with Crippen LogP contribution in [0.1, 0.15) is 17.0 Å². The van der Waals surface area contributed by atoms with Gasteiger partial charge in [0.2, 0.25) is 9.84 Å². The molecule has 0 aliphatic carbocycles. The van der Waals surface area contributed by atoms with Crippen molar-refractivity contribution in [2.45, 2.75) is 30.6 Å². The molecule has 0 saturated heterocycles. The van der Waals surface area contributed by atoms with Crippen LogP contribution in [-0.2, 0) is 9.84 Å². The van der Waals surface area contributed by atoms with Crippen LogP contribution in [0, 0.1) is 20.8 Å². The van der Waals surface area contributed by atoms with Crippen LogP contribution in [0.5, 0.6) is 0 Å². The van der Waals surface area contributed by atoms with Gasteiger partial charge in [-0.25, -0.2) is 18.4 Å². The summed E-state index contributed by atoms with van der Waals surface area (Å²) in [6, 6.07) is 16.1. The van der Waals surface area contributed by atoms with E-state index >= 15 is 0 Å². The Morgan fingerprint density at radius 2 is 1.33 bits per heavy atom. The minimum Gasteiger partial charge on any atom is -0.342 e. The van der Waals surface area contributed by atoms with Crippen molar-refractivity contribution in [3.05, 3.63) is 71.5 Å². The maximum atomic E-state index is 13.2. The SMILES string of the molecule is Cc1nc2ccc(S(=O)(=O)c3ccc4nc(-c5ccc(C)c(C)c5)[nH]c4c3)cc2[nH]1. The first-order valence-electron chi connectivity index (χ1n) is 9.60. The average molecular weight is 417 g/mol. The van der Waals surface area contributed by atoms with E-state index in [4.69, 9.17) is 0 Å². The van der Waals surface area contributed by atoms with E-state index in [-0.39, 0.29) is 9.79 Å². The number of benzene rings is 3. The topological polar surface area (TPSA) is 91.5 Å². The van der Waals surface area contributed by atoms with Gasteiger partial charge in [0.1, 0.15) is 11.6 Å². The highest BCUT2D eigenvalue weighted by atomic mass is 32.2. The molecular formula is C23H20N4O2S. The molecule has 2 heterocycles. The van der Waals surface area contributed by atoms with Crippen LogP contribution in [0.15, 0.2) is 64.4 Å². The van der Waals surface area contributed by atoms with Crippen molar-refractivity contribution in [3.8, 4) is 11.4 Å². The molecule has 150 valence electrons. The predicted molar refractivity (Wildman–Crippen MR) is 117 cm³/mol. The van der Waals surface area contributed by atoms with Gasteiger partial charge in [-0.2, -0.15) is 0 Å². The zero-order chi connectivity index (χ0) is 21.0. The average Bonchev–Trinajstić information content (AvgIpc) is 3.31. The fourth-order valence-electron chi connectivity index (χ4n) is 3.60. The fourth-order valence-corrected chi connectivity index (χ4v) is 4.91. The Kier molecular flexibility index (Phi) is 4.04. The Hall–Kier alpha value is -3.45. The van der Waals surface area contributed by atoms with Crippen LogP contribution < -0.4 is 0 Å². The van der Waals surface area contributed by atoms with Crippen LogP contribution in [0.2, 0.25) is 0 Å². The van der Waals surface area contributed by atoms with Gasteiger partial charge in [-0.1, -0.05) is 12.1 Å². The van der Waals surface area contributed by atoms with Gasteiger partial charge >= 0.3 is 0 Å². The van der Waals surface area contributed by atoms with Gasteiger partial charge in [0.15, 0.2) is 0 Å². The van der Waals surface area contributed by atoms with E-state index in [0.29, 0.717) is 11.0 Å². The summed E-state index contributed by atoms with van der Waals surface area (Å²) in [5.74, 6) is 1.47. The third-order valence-electron chi connectivity index (χ3n) is 5.43. The zero-order valence-corrected chi connectivity index (χ0v) is 17.6. The number of sulfone groups is 1. The molecule has 0 spiro atoms. The number of nitrogens with one attached hydrogen (secondary N) is 2. The summed E-state index contributed by atoms with van der Waals surface area (Å²) in [7, 11) is -3.68. The number of hydrogen-bond donors (Lipinski definition) is 2. The highest BCUT2D eigenvalue weighted by molar-refractivity contribution is 7.91. The third kappa shape index (κ3) is 2.98. The number of hydrogen-bond acceptors (Lipinski definition) is 4. The van der Waals surface area contributed by atoms with Crippen LogP contribution >= 0.6 is 0 Å². The molecule has 0 saturated carbocycles. The molecule has 0 radical (unpaired) electrons. The normalized spacial score (nSPS) is 12.1. The molecule has 5 rings (SSSR count). The van der Waals surface area contributed by atoms with Crippen molar-refractivity contribution >= 4 is 31.9 Å². The molecule has 0 aliphatic heterocycles. The Balaban J connectivity index is 1.58. The molecule has 0 amide bonds. The summed E-state index contributed by atoms with van der Waals surface area (Å²) >= 11 is 0. The number of rotatable bonds is 3. The summed E-state index contributed by atoms with van der Waals surface area (Å²) in [4.78, 5) is 15.8. The predicted octanol–water partition coefficient (Wildman–Crippen LogP) is 4.86. The van der Waals surface area contributed by atoms with E-state index in [1.807, 2.05) is 13.0 Å². The van der Waals surface area contributed by atoms with Crippen molar-refractivity contribution in [2.24, 2.45) is 0 Å². The molecule has 0 aliphatic rings. The molecule has 6 nitrogen and oxygen atoms in total. The van der Waals surface area contributed by atoms with Gasteiger partial charge in [-0.05, 0) is 74.4 Å². The molecule has 5 aromatic rings. The number of aryl methyl sites for hydroxylation is 3. The minimum atomic E-state index is -3.68. The lowest BCUT2D eigenvalue weighted by molar-refractivity contribution is 0.596. The first-order valence-corrected chi connectivity index (χ1v) is 11.1. The smallest absolute Gasteiger partial charge is 0.206 e.